The molecule has 0 saturated carbocycles. The number of hydrogen-bond acceptors (Lipinski definition) is 3. The average molecular weight is 685 g/mol. The minimum Gasteiger partial charge on any atom is -0.315 e. The summed E-state index contributed by atoms with van der Waals surface area (Å²) in [5.41, 5.74) is 0. The van der Waals surface area contributed by atoms with E-state index in [1.165, 1.54) is 53.3 Å². The molecular formula is C32H37Cl2N2PRuS. The maximum Gasteiger partial charge on any atom is 0.0107 e. The molecule has 1 aliphatic heterocycles. The monoisotopic (exact) mass is 684 g/mol. The predicted octanol–water partition coefficient (Wildman–Crippen LogP) is 7.29. The van der Waals surface area contributed by atoms with E-state index >= 15 is 0 Å². The molecule has 1 aliphatic rings. The van der Waals surface area contributed by atoms with Crippen LogP contribution in [0.2, 0.25) is 0 Å². The van der Waals surface area contributed by atoms with E-state index < -0.39 is 7.92 Å². The standard InChI is InChI=1S/C18H15P.C14H22N2S.2ClH.Ru/c1-4-10-16(11-5-1)19(17-12-6-2-7-13-17)18-14-8-3-9-15-18;1-2-6-14(7-3-1)17-13-9-15-8-12-16-10-4-5-11-16;;;/h1-15H;1-3,6-7,15H,4-5,8-13H2;2*1H;/q;;;;+2/p-2. The summed E-state index contributed by atoms with van der Waals surface area (Å²) in [5.74, 6) is 1.16. The fraction of sp³-hybridized carbons (Fsp3) is 0.250. The van der Waals surface area contributed by atoms with Gasteiger partial charge in [-0.05, 0) is 61.9 Å². The van der Waals surface area contributed by atoms with E-state index in [4.69, 9.17) is 19.4 Å². The van der Waals surface area contributed by atoms with Crippen LogP contribution in [0.4, 0.5) is 0 Å². The SMILES string of the molecule is [Cl][Ru][Cl].c1ccc(P(c2ccccc2)c2ccccc2)cc1.c1ccc(SCCNCCN2CCCC2)cc1. The van der Waals surface area contributed by atoms with E-state index in [0.29, 0.717) is 0 Å². The van der Waals surface area contributed by atoms with Gasteiger partial charge in [0.15, 0.2) is 0 Å². The third kappa shape index (κ3) is 12.9. The molecular weight excluding hydrogens is 647 g/mol. The van der Waals surface area contributed by atoms with Gasteiger partial charge in [-0.1, -0.05) is 109 Å². The Morgan fingerprint density at radius 2 is 1.05 bits per heavy atom. The smallest absolute Gasteiger partial charge is 0.0107 e. The molecule has 1 N–H and O–H groups in total. The number of nitrogens with one attached hydrogen (secondary N) is 1. The molecule has 0 unspecified atom stereocenters. The minimum atomic E-state index is -0.446. The molecule has 0 radical (unpaired) electrons. The molecule has 39 heavy (non-hydrogen) atoms. The van der Waals surface area contributed by atoms with Crippen molar-refractivity contribution in [3.8, 4) is 0 Å². The average Bonchev–Trinajstić information content (AvgIpc) is 3.52. The van der Waals surface area contributed by atoms with Crippen molar-refractivity contribution in [2.75, 3.05) is 38.5 Å². The van der Waals surface area contributed by atoms with E-state index in [0.717, 1.165) is 18.8 Å². The van der Waals surface area contributed by atoms with Crippen molar-refractivity contribution >= 4 is 55.0 Å². The maximum atomic E-state index is 4.85. The molecule has 4 aromatic carbocycles. The van der Waals surface area contributed by atoms with Crippen molar-refractivity contribution in [3.63, 3.8) is 0 Å². The second kappa shape index (κ2) is 20.6. The molecule has 0 amide bonds. The molecule has 0 atom stereocenters. The Morgan fingerprint density at radius 3 is 1.49 bits per heavy atom. The summed E-state index contributed by atoms with van der Waals surface area (Å²) in [4.78, 5) is 3.92. The number of likely N-dealkylation sites (tertiary alicyclic amines) is 1. The number of benzene rings is 4. The van der Waals surface area contributed by atoms with E-state index in [1.807, 2.05) is 11.8 Å². The van der Waals surface area contributed by atoms with E-state index in [1.54, 1.807) is 0 Å². The molecule has 4 aromatic rings. The summed E-state index contributed by atoms with van der Waals surface area (Å²) in [5, 5.41) is 7.71. The van der Waals surface area contributed by atoms with Crippen molar-refractivity contribution in [1.82, 2.24) is 10.2 Å². The van der Waals surface area contributed by atoms with Gasteiger partial charge in [0.2, 0.25) is 0 Å². The summed E-state index contributed by atoms with van der Waals surface area (Å²) in [6.45, 7) is 6.07. The quantitative estimate of drug-likeness (QED) is 0.0819. The van der Waals surface area contributed by atoms with Gasteiger partial charge >= 0.3 is 34.5 Å². The third-order valence-electron chi connectivity index (χ3n) is 6.14. The van der Waals surface area contributed by atoms with Crippen molar-refractivity contribution in [3.05, 3.63) is 121 Å². The molecule has 1 fully saturated rings. The molecule has 0 aromatic heterocycles. The summed E-state index contributed by atoms with van der Waals surface area (Å²) in [7, 11) is 9.26. The van der Waals surface area contributed by atoms with Gasteiger partial charge < -0.3 is 10.2 Å². The molecule has 208 valence electrons. The predicted molar refractivity (Wildman–Crippen MR) is 173 cm³/mol. The van der Waals surface area contributed by atoms with Crippen molar-refractivity contribution in [1.29, 1.82) is 0 Å². The first-order chi connectivity index (χ1) is 19.3. The largest absolute Gasteiger partial charge is 0.315 e. The normalized spacial score (nSPS) is 12.9. The second-order valence-corrected chi connectivity index (χ2v) is 14.9. The summed E-state index contributed by atoms with van der Waals surface area (Å²) < 4.78 is 0. The topological polar surface area (TPSA) is 15.3 Å². The zero-order chi connectivity index (χ0) is 27.4. The number of halogens is 2. The van der Waals surface area contributed by atoms with Gasteiger partial charge in [-0.25, -0.2) is 0 Å². The fourth-order valence-electron chi connectivity index (χ4n) is 4.30. The summed E-state index contributed by atoms with van der Waals surface area (Å²) >= 11 is 1.58. The minimum absolute atomic E-state index is 0.346. The van der Waals surface area contributed by atoms with Gasteiger partial charge in [-0.2, -0.15) is 0 Å². The zero-order valence-corrected chi connectivity index (χ0v) is 27.1. The van der Waals surface area contributed by atoms with Gasteiger partial charge in [-0.3, -0.25) is 0 Å². The zero-order valence-electron chi connectivity index (χ0n) is 22.1. The molecule has 0 bridgehead atoms. The van der Waals surface area contributed by atoms with Crippen molar-refractivity contribution in [2.24, 2.45) is 0 Å². The van der Waals surface area contributed by atoms with Gasteiger partial charge in [0.1, 0.15) is 0 Å². The number of thioether (sulfide) groups is 1. The number of hydrogen-bond donors (Lipinski definition) is 1. The van der Waals surface area contributed by atoms with Crippen LogP contribution in [-0.2, 0) is 15.1 Å². The Morgan fingerprint density at radius 1 is 0.641 bits per heavy atom. The Labute approximate surface area is 256 Å². The molecule has 2 nitrogen and oxygen atoms in total. The van der Waals surface area contributed by atoms with Crippen LogP contribution in [0.25, 0.3) is 0 Å². The number of nitrogens with zero attached hydrogens (tertiary/aromatic N) is 1. The van der Waals surface area contributed by atoms with Crippen LogP contribution in [-0.4, -0.2) is 43.4 Å². The van der Waals surface area contributed by atoms with Crippen LogP contribution >= 0.6 is 39.1 Å². The summed E-state index contributed by atoms with van der Waals surface area (Å²) in [6, 6.07) is 42.9. The fourth-order valence-corrected chi connectivity index (χ4v) is 7.44. The Hall–Kier alpha value is -1.22. The van der Waals surface area contributed by atoms with Crippen LogP contribution in [0.5, 0.6) is 0 Å². The molecule has 7 heteroatoms. The first-order valence-corrected chi connectivity index (χ1v) is 20.0. The Kier molecular flexibility index (Phi) is 17.1. The van der Waals surface area contributed by atoms with Crippen LogP contribution in [0.1, 0.15) is 12.8 Å². The Balaban J connectivity index is 0.000000197. The first-order valence-electron chi connectivity index (χ1n) is 13.2. The molecule has 1 heterocycles. The van der Waals surface area contributed by atoms with Crippen LogP contribution in [0.3, 0.4) is 0 Å². The number of rotatable bonds is 10. The first kappa shape index (κ1) is 32.3. The van der Waals surface area contributed by atoms with Crippen molar-refractivity contribution < 1.29 is 15.1 Å². The van der Waals surface area contributed by atoms with Gasteiger partial charge in [-0.15, -0.1) is 11.8 Å². The molecule has 0 spiro atoms. The van der Waals surface area contributed by atoms with Gasteiger partial charge in [0, 0.05) is 30.3 Å². The Bertz CT molecular complexity index is 1030. The van der Waals surface area contributed by atoms with E-state index in [-0.39, 0.29) is 15.1 Å². The van der Waals surface area contributed by atoms with Crippen LogP contribution in [0.15, 0.2) is 126 Å². The second-order valence-electron chi connectivity index (χ2n) is 8.85. The molecule has 1 saturated heterocycles. The molecule has 0 aliphatic carbocycles. The third-order valence-corrected chi connectivity index (χ3v) is 9.59. The van der Waals surface area contributed by atoms with E-state index in [9.17, 15) is 0 Å². The maximum absolute atomic E-state index is 4.85. The van der Waals surface area contributed by atoms with Gasteiger partial charge in [0.25, 0.3) is 0 Å². The van der Waals surface area contributed by atoms with Gasteiger partial charge in [0.05, 0.1) is 0 Å². The van der Waals surface area contributed by atoms with Crippen LogP contribution in [0, 0.1) is 0 Å². The molecule has 5 rings (SSSR count). The van der Waals surface area contributed by atoms with Crippen LogP contribution < -0.4 is 21.2 Å². The summed E-state index contributed by atoms with van der Waals surface area (Å²) in [6.07, 6.45) is 2.79. The van der Waals surface area contributed by atoms with E-state index in [2.05, 4.69) is 132 Å². The van der Waals surface area contributed by atoms with Crippen molar-refractivity contribution in [2.45, 2.75) is 17.7 Å².